The fourth-order valence-electron chi connectivity index (χ4n) is 3.57. The van der Waals surface area contributed by atoms with Gasteiger partial charge in [-0.2, -0.15) is 9.59 Å². The fourth-order valence-corrected chi connectivity index (χ4v) is 3.57. The van der Waals surface area contributed by atoms with Crippen molar-refractivity contribution in [3.63, 3.8) is 0 Å². The number of rotatable bonds is 6. The number of carbonyl (C=O) groups excluding carboxylic acids is 3. The van der Waals surface area contributed by atoms with Gasteiger partial charge in [0.1, 0.15) is 6.04 Å². The topological polar surface area (TPSA) is 63.7 Å². The number of nitrogens with zero attached hydrogens (tertiary/aromatic N) is 1. The van der Waals surface area contributed by atoms with E-state index in [-0.39, 0.29) is 30.2 Å². The maximum atomic E-state index is 12.8. The largest absolute Gasteiger partial charge is 0.461 e. The Labute approximate surface area is 156 Å². The molecular formula is C21H31NO4. The highest BCUT2D eigenvalue weighted by Crippen LogP contribution is 2.31. The van der Waals surface area contributed by atoms with Crippen LogP contribution >= 0.6 is 0 Å². The van der Waals surface area contributed by atoms with Gasteiger partial charge in [0.15, 0.2) is 0 Å². The molecule has 1 aromatic carbocycles. The first-order chi connectivity index (χ1) is 12.4. The van der Waals surface area contributed by atoms with Crippen LogP contribution in [-0.4, -0.2) is 30.3 Å². The highest BCUT2D eigenvalue weighted by atomic mass is 16.5. The zero-order valence-electron chi connectivity index (χ0n) is 16.3. The lowest BCUT2D eigenvalue weighted by molar-refractivity contribution is -0.191. The van der Waals surface area contributed by atoms with Crippen LogP contribution in [0.4, 0.5) is 5.69 Å². The molecule has 0 aromatic heterocycles. The van der Waals surface area contributed by atoms with Gasteiger partial charge >= 0.3 is 12.1 Å². The minimum absolute atomic E-state index is 0.0762. The summed E-state index contributed by atoms with van der Waals surface area (Å²) in [6, 6.07) is 10.6. The SMILES string of the molecule is CC(C)OC(=O)C(C(C)C)N(c1ccccc1)C1CCCCC1.O=C=O. The number of hydrogen-bond acceptors (Lipinski definition) is 5. The molecule has 1 aromatic rings. The average molecular weight is 361 g/mol. The normalized spacial score (nSPS) is 15.6. The van der Waals surface area contributed by atoms with Gasteiger partial charge in [0.2, 0.25) is 0 Å². The Kier molecular flexibility index (Phi) is 9.67. The lowest BCUT2D eigenvalue weighted by Gasteiger charge is -2.42. The molecule has 1 unspecified atom stereocenters. The first-order valence-corrected chi connectivity index (χ1v) is 9.45. The molecule has 0 N–H and O–H groups in total. The molecule has 5 nitrogen and oxygen atoms in total. The van der Waals surface area contributed by atoms with Gasteiger partial charge in [-0.05, 0) is 44.7 Å². The molecule has 0 radical (unpaired) electrons. The van der Waals surface area contributed by atoms with Gasteiger partial charge in [-0.3, -0.25) is 0 Å². The maximum absolute atomic E-state index is 12.8. The van der Waals surface area contributed by atoms with Crippen LogP contribution in [0.15, 0.2) is 30.3 Å². The molecule has 1 aliphatic rings. The second-order valence-electron chi connectivity index (χ2n) is 7.29. The van der Waals surface area contributed by atoms with E-state index in [9.17, 15) is 4.79 Å². The van der Waals surface area contributed by atoms with Crippen LogP contribution < -0.4 is 4.90 Å². The van der Waals surface area contributed by atoms with E-state index in [4.69, 9.17) is 14.3 Å². The second-order valence-corrected chi connectivity index (χ2v) is 7.29. The van der Waals surface area contributed by atoms with E-state index in [1.54, 1.807) is 0 Å². The number of ether oxygens (including phenoxy) is 1. The van der Waals surface area contributed by atoms with Crippen LogP contribution in [0.1, 0.15) is 59.8 Å². The molecule has 1 aliphatic carbocycles. The minimum Gasteiger partial charge on any atom is -0.461 e. The number of anilines is 1. The Balaban J connectivity index is 0.00000105. The van der Waals surface area contributed by atoms with Crippen molar-refractivity contribution in [2.24, 2.45) is 5.92 Å². The summed E-state index contributed by atoms with van der Waals surface area (Å²) in [5.74, 6) is 0.118. The highest BCUT2D eigenvalue weighted by Gasteiger charge is 2.36. The molecule has 0 amide bonds. The summed E-state index contributed by atoms with van der Waals surface area (Å²) in [6.45, 7) is 8.07. The predicted molar refractivity (Wildman–Crippen MR) is 101 cm³/mol. The van der Waals surface area contributed by atoms with E-state index in [0.717, 1.165) is 18.5 Å². The summed E-state index contributed by atoms with van der Waals surface area (Å²) in [6.07, 6.45) is 6.30. The molecule has 2 rings (SSSR count). The third-order valence-corrected chi connectivity index (χ3v) is 4.55. The Bertz CT molecular complexity index is 559. The highest BCUT2D eigenvalue weighted by molar-refractivity contribution is 5.81. The second kappa shape index (κ2) is 11.5. The first-order valence-electron chi connectivity index (χ1n) is 9.45. The van der Waals surface area contributed by atoms with E-state index in [0.29, 0.717) is 6.04 Å². The summed E-state index contributed by atoms with van der Waals surface area (Å²) in [5.41, 5.74) is 1.14. The standard InChI is InChI=1S/C20H31NO2.CO2/c1-15(2)19(20(22)23-16(3)4)21(17-11-7-5-8-12-17)18-13-9-6-10-14-18;2-1-3/h5,7-8,11-12,15-16,18-19H,6,9-10,13-14H2,1-4H3;. The fraction of sp³-hybridized carbons (Fsp3) is 0.619. The van der Waals surface area contributed by atoms with Gasteiger partial charge in [-0.25, -0.2) is 4.79 Å². The average Bonchev–Trinajstić information content (AvgIpc) is 2.60. The third kappa shape index (κ3) is 6.64. The molecule has 0 aliphatic heterocycles. The monoisotopic (exact) mass is 361 g/mol. The molecule has 26 heavy (non-hydrogen) atoms. The van der Waals surface area contributed by atoms with E-state index in [1.165, 1.54) is 19.3 Å². The van der Waals surface area contributed by atoms with Crippen molar-refractivity contribution < 1.29 is 19.1 Å². The number of esters is 1. The smallest absolute Gasteiger partial charge is 0.373 e. The number of hydrogen-bond donors (Lipinski definition) is 0. The Morgan fingerprint density at radius 1 is 1.04 bits per heavy atom. The lowest BCUT2D eigenvalue weighted by atomic mass is 9.90. The Morgan fingerprint density at radius 3 is 2.04 bits per heavy atom. The maximum Gasteiger partial charge on any atom is 0.373 e. The zero-order valence-corrected chi connectivity index (χ0v) is 16.3. The van der Waals surface area contributed by atoms with Gasteiger partial charge < -0.3 is 9.64 Å². The molecule has 0 saturated heterocycles. The van der Waals surface area contributed by atoms with E-state index in [1.807, 2.05) is 19.9 Å². The quantitative estimate of drug-likeness (QED) is 0.710. The van der Waals surface area contributed by atoms with Crippen molar-refractivity contribution in [1.82, 2.24) is 0 Å². The van der Waals surface area contributed by atoms with Crippen molar-refractivity contribution in [1.29, 1.82) is 0 Å². The summed E-state index contributed by atoms with van der Waals surface area (Å²) < 4.78 is 5.59. The van der Waals surface area contributed by atoms with E-state index < -0.39 is 0 Å². The number of para-hydroxylation sites is 1. The summed E-state index contributed by atoms with van der Waals surface area (Å²) in [7, 11) is 0. The first kappa shape index (κ1) is 21.9. The van der Waals surface area contributed by atoms with Crippen molar-refractivity contribution in [3.8, 4) is 0 Å². The number of benzene rings is 1. The van der Waals surface area contributed by atoms with Crippen LogP contribution in [0.2, 0.25) is 0 Å². The van der Waals surface area contributed by atoms with Gasteiger partial charge in [0, 0.05) is 11.7 Å². The van der Waals surface area contributed by atoms with Crippen LogP contribution in [0, 0.1) is 5.92 Å². The van der Waals surface area contributed by atoms with Gasteiger partial charge in [-0.1, -0.05) is 51.3 Å². The van der Waals surface area contributed by atoms with Gasteiger partial charge in [0.05, 0.1) is 6.10 Å². The van der Waals surface area contributed by atoms with Crippen molar-refractivity contribution in [2.45, 2.75) is 78.0 Å². The van der Waals surface area contributed by atoms with E-state index in [2.05, 4.69) is 43.0 Å². The lowest BCUT2D eigenvalue weighted by Crippen LogP contribution is -2.52. The summed E-state index contributed by atoms with van der Waals surface area (Å²) in [4.78, 5) is 31.4. The molecule has 0 heterocycles. The van der Waals surface area contributed by atoms with E-state index >= 15 is 0 Å². The molecule has 1 saturated carbocycles. The molecule has 0 bridgehead atoms. The van der Waals surface area contributed by atoms with Crippen LogP contribution in [0.25, 0.3) is 0 Å². The molecule has 0 spiro atoms. The van der Waals surface area contributed by atoms with Crippen LogP contribution in [-0.2, 0) is 19.1 Å². The Hall–Kier alpha value is -2.13. The molecule has 1 atom stereocenters. The van der Waals surface area contributed by atoms with Gasteiger partial charge in [0.25, 0.3) is 0 Å². The summed E-state index contributed by atoms with van der Waals surface area (Å²) in [5, 5.41) is 0. The Morgan fingerprint density at radius 2 is 1.58 bits per heavy atom. The van der Waals surface area contributed by atoms with Crippen LogP contribution in [0.3, 0.4) is 0 Å². The van der Waals surface area contributed by atoms with Crippen LogP contribution in [0.5, 0.6) is 0 Å². The number of carbonyl (C=O) groups is 1. The zero-order chi connectivity index (χ0) is 19.5. The van der Waals surface area contributed by atoms with Gasteiger partial charge in [-0.15, -0.1) is 0 Å². The predicted octanol–water partition coefficient (Wildman–Crippen LogP) is 4.22. The summed E-state index contributed by atoms with van der Waals surface area (Å²) >= 11 is 0. The van der Waals surface area contributed by atoms with Crippen molar-refractivity contribution in [3.05, 3.63) is 30.3 Å². The third-order valence-electron chi connectivity index (χ3n) is 4.55. The molecule has 144 valence electrons. The molecular weight excluding hydrogens is 330 g/mol. The molecule has 1 fully saturated rings. The van der Waals surface area contributed by atoms with Crippen molar-refractivity contribution in [2.75, 3.05) is 4.90 Å². The molecule has 5 heteroatoms. The van der Waals surface area contributed by atoms with Crippen molar-refractivity contribution >= 4 is 17.8 Å². The minimum atomic E-state index is -0.220.